The Morgan fingerprint density at radius 3 is 2.05 bits per heavy atom. The molecule has 206 valence electrons. The summed E-state index contributed by atoms with van der Waals surface area (Å²) in [7, 11) is 0. The molecule has 0 unspecified atom stereocenters. The monoisotopic (exact) mass is 530 g/mol. The molecule has 0 saturated carbocycles. The fourth-order valence-electron chi connectivity index (χ4n) is 3.85. The summed E-state index contributed by atoms with van der Waals surface area (Å²) < 4.78 is 43.5. The Labute approximate surface area is 223 Å². The van der Waals surface area contributed by atoms with Gasteiger partial charge in [0.15, 0.2) is 0 Å². The number of esters is 1. The third-order valence-electron chi connectivity index (χ3n) is 5.96. The minimum absolute atomic E-state index is 0.0343. The quantitative estimate of drug-likeness (QED) is 0.120. The van der Waals surface area contributed by atoms with Gasteiger partial charge in [0.2, 0.25) is 0 Å². The van der Waals surface area contributed by atoms with Crippen molar-refractivity contribution in [2.45, 2.75) is 90.9 Å². The van der Waals surface area contributed by atoms with Crippen molar-refractivity contribution in [1.29, 1.82) is 0 Å². The molecule has 0 aliphatic carbocycles. The molecular weight excluding hydrogens is 493 g/mol. The molecule has 1 heterocycles. The van der Waals surface area contributed by atoms with Gasteiger partial charge in [0.1, 0.15) is 5.69 Å². The SMILES string of the molecule is CCCCCCCCCCC#Cc1ccc(CN(Cc2ccc(C(F)(F)F)cc2)C(=O)C(=O)OCC)cn1. The number of unbranched alkanes of at least 4 members (excludes halogenated alkanes) is 8. The maximum absolute atomic E-state index is 12.9. The summed E-state index contributed by atoms with van der Waals surface area (Å²) in [5, 5.41) is 0. The van der Waals surface area contributed by atoms with Gasteiger partial charge in [-0.1, -0.05) is 76.0 Å². The van der Waals surface area contributed by atoms with Gasteiger partial charge in [0, 0.05) is 25.7 Å². The molecule has 2 aromatic rings. The van der Waals surface area contributed by atoms with Crippen molar-refractivity contribution in [2.24, 2.45) is 0 Å². The average molecular weight is 531 g/mol. The number of amides is 1. The van der Waals surface area contributed by atoms with Crippen LogP contribution in [0.5, 0.6) is 0 Å². The Kier molecular flexibility index (Phi) is 13.4. The zero-order valence-corrected chi connectivity index (χ0v) is 22.3. The van der Waals surface area contributed by atoms with Gasteiger partial charge in [0.05, 0.1) is 12.2 Å². The Bertz CT molecular complexity index is 1060. The van der Waals surface area contributed by atoms with Crippen LogP contribution in [0.15, 0.2) is 42.6 Å². The zero-order valence-electron chi connectivity index (χ0n) is 22.3. The van der Waals surface area contributed by atoms with Crippen molar-refractivity contribution >= 4 is 11.9 Å². The second-order valence-corrected chi connectivity index (χ2v) is 9.15. The molecule has 1 aromatic heterocycles. The van der Waals surface area contributed by atoms with Crippen LogP contribution in [0, 0.1) is 11.8 Å². The van der Waals surface area contributed by atoms with Crippen LogP contribution in [0.4, 0.5) is 13.2 Å². The standard InChI is InChI=1S/C30H37F3N2O3/c1-3-5-6-7-8-9-10-11-12-13-14-27-20-17-25(21-34-27)23-35(28(36)29(37)38-4-2)22-24-15-18-26(19-16-24)30(31,32)33/h15-21H,3-12,22-23H2,1-2H3. The number of halogens is 3. The molecule has 0 aliphatic rings. The number of ether oxygens (including phenoxy) is 1. The lowest BCUT2D eigenvalue weighted by atomic mass is 10.1. The van der Waals surface area contributed by atoms with E-state index in [0.29, 0.717) is 16.8 Å². The summed E-state index contributed by atoms with van der Waals surface area (Å²) >= 11 is 0. The van der Waals surface area contributed by atoms with Gasteiger partial charge in [0.25, 0.3) is 0 Å². The summed E-state index contributed by atoms with van der Waals surface area (Å²) in [5.74, 6) is 4.31. The number of rotatable bonds is 13. The lowest BCUT2D eigenvalue weighted by molar-refractivity contribution is -0.160. The average Bonchev–Trinajstić information content (AvgIpc) is 2.89. The van der Waals surface area contributed by atoms with Gasteiger partial charge in [-0.15, -0.1) is 0 Å². The van der Waals surface area contributed by atoms with Gasteiger partial charge in [-0.25, -0.2) is 9.78 Å². The Morgan fingerprint density at radius 2 is 1.47 bits per heavy atom. The van der Waals surface area contributed by atoms with E-state index < -0.39 is 23.6 Å². The van der Waals surface area contributed by atoms with E-state index in [0.717, 1.165) is 25.0 Å². The highest BCUT2D eigenvalue weighted by atomic mass is 19.4. The summed E-state index contributed by atoms with van der Waals surface area (Å²) in [5.41, 5.74) is 0.933. The molecule has 0 saturated heterocycles. The van der Waals surface area contributed by atoms with E-state index in [4.69, 9.17) is 4.74 Å². The molecule has 1 aromatic carbocycles. The van der Waals surface area contributed by atoms with Crippen LogP contribution in [0.3, 0.4) is 0 Å². The van der Waals surface area contributed by atoms with Gasteiger partial charge in [-0.05, 0) is 48.6 Å². The molecule has 0 atom stereocenters. The minimum Gasteiger partial charge on any atom is -0.459 e. The van der Waals surface area contributed by atoms with Crippen LogP contribution in [0.2, 0.25) is 0 Å². The zero-order chi connectivity index (χ0) is 27.8. The number of alkyl halides is 3. The maximum atomic E-state index is 12.9. The molecule has 0 radical (unpaired) electrons. The number of hydrogen-bond donors (Lipinski definition) is 0. The third-order valence-corrected chi connectivity index (χ3v) is 5.96. The first-order valence-electron chi connectivity index (χ1n) is 13.3. The molecule has 0 spiro atoms. The molecule has 0 fully saturated rings. The van der Waals surface area contributed by atoms with E-state index in [9.17, 15) is 22.8 Å². The van der Waals surface area contributed by atoms with E-state index in [1.807, 2.05) is 0 Å². The van der Waals surface area contributed by atoms with Crippen molar-refractivity contribution < 1.29 is 27.5 Å². The highest BCUT2D eigenvalue weighted by Gasteiger charge is 2.30. The predicted molar refractivity (Wildman–Crippen MR) is 141 cm³/mol. The second-order valence-electron chi connectivity index (χ2n) is 9.15. The molecule has 0 aliphatic heterocycles. The number of aromatic nitrogens is 1. The lowest BCUT2D eigenvalue weighted by Gasteiger charge is -2.22. The van der Waals surface area contributed by atoms with Crippen molar-refractivity contribution in [1.82, 2.24) is 9.88 Å². The van der Waals surface area contributed by atoms with Crippen LogP contribution in [-0.2, 0) is 33.6 Å². The number of pyridine rings is 1. The highest BCUT2D eigenvalue weighted by molar-refractivity contribution is 6.32. The first kappa shape index (κ1) is 30.9. The minimum atomic E-state index is -4.46. The molecule has 0 N–H and O–H groups in total. The third kappa shape index (κ3) is 11.4. The van der Waals surface area contributed by atoms with E-state index >= 15 is 0 Å². The van der Waals surface area contributed by atoms with Crippen molar-refractivity contribution in [3.8, 4) is 11.8 Å². The van der Waals surface area contributed by atoms with E-state index in [2.05, 4.69) is 23.7 Å². The van der Waals surface area contributed by atoms with Crippen molar-refractivity contribution in [3.05, 3.63) is 65.0 Å². The van der Waals surface area contributed by atoms with Crippen LogP contribution in [0.1, 0.15) is 94.0 Å². The summed E-state index contributed by atoms with van der Waals surface area (Å²) in [6.07, 6.45) is 7.91. The van der Waals surface area contributed by atoms with E-state index in [-0.39, 0.29) is 19.7 Å². The first-order chi connectivity index (χ1) is 18.2. The number of carbonyl (C=O) groups is 2. The summed E-state index contributed by atoms with van der Waals surface area (Å²) in [6.45, 7) is 3.82. The number of benzene rings is 1. The van der Waals surface area contributed by atoms with Gasteiger partial charge in [-0.2, -0.15) is 13.2 Å². The second kappa shape index (κ2) is 16.5. The van der Waals surface area contributed by atoms with Crippen LogP contribution >= 0.6 is 0 Å². The van der Waals surface area contributed by atoms with Crippen molar-refractivity contribution in [3.63, 3.8) is 0 Å². The Hall–Kier alpha value is -3.34. The van der Waals surface area contributed by atoms with Crippen LogP contribution in [0.25, 0.3) is 0 Å². The summed E-state index contributed by atoms with van der Waals surface area (Å²) in [6, 6.07) is 8.00. The number of carbonyl (C=O) groups excluding carboxylic acids is 2. The first-order valence-corrected chi connectivity index (χ1v) is 13.3. The van der Waals surface area contributed by atoms with Gasteiger partial charge in [-0.3, -0.25) is 4.79 Å². The maximum Gasteiger partial charge on any atom is 0.416 e. The topological polar surface area (TPSA) is 59.5 Å². The molecule has 5 nitrogen and oxygen atoms in total. The van der Waals surface area contributed by atoms with Crippen LogP contribution in [-0.4, -0.2) is 28.4 Å². The number of hydrogen-bond acceptors (Lipinski definition) is 4. The highest BCUT2D eigenvalue weighted by Crippen LogP contribution is 2.29. The molecule has 0 bridgehead atoms. The van der Waals surface area contributed by atoms with Crippen molar-refractivity contribution in [2.75, 3.05) is 6.61 Å². The smallest absolute Gasteiger partial charge is 0.416 e. The lowest BCUT2D eigenvalue weighted by Crippen LogP contribution is -2.36. The molecule has 2 rings (SSSR count). The Morgan fingerprint density at radius 1 is 0.868 bits per heavy atom. The van der Waals surface area contributed by atoms with Crippen LogP contribution < -0.4 is 0 Å². The molecule has 8 heteroatoms. The fraction of sp³-hybridized carbons (Fsp3) is 0.500. The largest absolute Gasteiger partial charge is 0.459 e. The molecular formula is C30H37F3N2O3. The molecule has 1 amide bonds. The van der Waals surface area contributed by atoms with Gasteiger partial charge >= 0.3 is 18.1 Å². The summed E-state index contributed by atoms with van der Waals surface area (Å²) in [4.78, 5) is 30.3. The molecule has 38 heavy (non-hydrogen) atoms. The van der Waals surface area contributed by atoms with Gasteiger partial charge < -0.3 is 9.64 Å². The number of nitrogens with zero attached hydrogens (tertiary/aromatic N) is 2. The van der Waals surface area contributed by atoms with E-state index in [1.54, 1.807) is 25.3 Å². The normalized spacial score (nSPS) is 11.0. The fourth-order valence-corrected chi connectivity index (χ4v) is 3.85. The van der Waals surface area contributed by atoms with E-state index in [1.165, 1.54) is 62.0 Å². The predicted octanol–water partition coefficient (Wildman–Crippen LogP) is 7.07. The Balaban J connectivity index is 1.95.